The van der Waals surface area contributed by atoms with Gasteiger partial charge in [-0.25, -0.2) is 0 Å². The van der Waals surface area contributed by atoms with Gasteiger partial charge in [0.25, 0.3) is 5.91 Å². The van der Waals surface area contributed by atoms with Crippen LogP contribution in [0.25, 0.3) is 0 Å². The number of aliphatic carboxylic acids is 1. The Bertz CT molecular complexity index is 470. The minimum atomic E-state index is -1.03. The van der Waals surface area contributed by atoms with Gasteiger partial charge in [-0.3, -0.25) is 9.59 Å². The largest absolute Gasteiger partial charge is 0.481 e. The van der Waals surface area contributed by atoms with Gasteiger partial charge < -0.3 is 19.6 Å². The molecule has 1 aliphatic rings. The highest BCUT2D eigenvalue weighted by molar-refractivity contribution is 5.96. The fourth-order valence-corrected chi connectivity index (χ4v) is 2.18. The third-order valence-electron chi connectivity index (χ3n) is 3.57. The normalized spacial score (nSPS) is 16.7. The second-order valence-corrected chi connectivity index (χ2v) is 4.75. The molecule has 2 N–H and O–H groups in total. The number of amides is 1. The average molecular weight is 267 g/mol. The minimum absolute atomic E-state index is 0.171. The van der Waals surface area contributed by atoms with E-state index in [9.17, 15) is 9.59 Å². The van der Waals surface area contributed by atoms with Gasteiger partial charge >= 0.3 is 5.97 Å². The Hall–Kier alpha value is -1.82. The van der Waals surface area contributed by atoms with Crippen molar-refractivity contribution >= 4 is 11.9 Å². The molecule has 6 nitrogen and oxygen atoms in total. The van der Waals surface area contributed by atoms with Gasteiger partial charge in [0.05, 0.1) is 17.4 Å². The van der Waals surface area contributed by atoms with Crippen molar-refractivity contribution in [1.82, 2.24) is 5.32 Å². The Morgan fingerprint density at radius 1 is 1.53 bits per heavy atom. The van der Waals surface area contributed by atoms with Gasteiger partial charge in [-0.15, -0.1) is 0 Å². The lowest BCUT2D eigenvalue weighted by Crippen LogP contribution is -2.49. The van der Waals surface area contributed by atoms with Crippen molar-refractivity contribution in [3.8, 4) is 0 Å². The van der Waals surface area contributed by atoms with Crippen molar-refractivity contribution < 1.29 is 23.8 Å². The van der Waals surface area contributed by atoms with Gasteiger partial charge in [0.1, 0.15) is 12.2 Å². The number of hydrogen-bond acceptors (Lipinski definition) is 4. The number of carbonyl (C=O) groups excluding carboxylic acids is 1. The quantitative estimate of drug-likeness (QED) is 0.808. The smallest absolute Gasteiger partial charge is 0.311 e. The van der Waals surface area contributed by atoms with Crippen LogP contribution in [0, 0.1) is 0 Å². The molecule has 1 amide bonds. The zero-order valence-electron chi connectivity index (χ0n) is 10.8. The topological polar surface area (TPSA) is 88.8 Å². The highest BCUT2D eigenvalue weighted by atomic mass is 16.5. The lowest BCUT2D eigenvalue weighted by Gasteiger charge is -2.40. The van der Waals surface area contributed by atoms with E-state index in [4.69, 9.17) is 14.3 Å². The molecule has 1 heterocycles. The third-order valence-corrected chi connectivity index (χ3v) is 3.57. The molecule has 0 saturated heterocycles. The molecule has 1 aromatic heterocycles. The zero-order valence-corrected chi connectivity index (χ0v) is 10.8. The molecule has 1 fully saturated rings. The number of furan rings is 1. The number of nitrogens with one attached hydrogen (secondary N) is 1. The predicted octanol–water partition coefficient (Wildman–Crippen LogP) is 1.21. The molecule has 0 aliphatic heterocycles. The predicted molar refractivity (Wildman–Crippen MR) is 66.0 cm³/mol. The molecule has 0 aromatic carbocycles. The Kier molecular flexibility index (Phi) is 3.90. The van der Waals surface area contributed by atoms with Gasteiger partial charge in [0, 0.05) is 13.7 Å². The Labute approximate surface area is 110 Å². The minimum Gasteiger partial charge on any atom is -0.481 e. The highest BCUT2D eigenvalue weighted by Crippen LogP contribution is 2.34. The van der Waals surface area contributed by atoms with Crippen molar-refractivity contribution in [2.45, 2.75) is 31.3 Å². The van der Waals surface area contributed by atoms with E-state index in [2.05, 4.69) is 5.32 Å². The van der Waals surface area contributed by atoms with Crippen LogP contribution in [-0.4, -0.2) is 36.2 Å². The fraction of sp³-hybridized carbons (Fsp3) is 0.538. The molecule has 0 radical (unpaired) electrons. The first kappa shape index (κ1) is 13.6. The number of carboxylic acid groups (broad SMARTS) is 1. The first-order valence-corrected chi connectivity index (χ1v) is 6.18. The van der Waals surface area contributed by atoms with E-state index in [1.54, 1.807) is 7.11 Å². The molecule has 0 spiro atoms. The summed E-state index contributed by atoms with van der Waals surface area (Å²) >= 11 is 0. The van der Waals surface area contributed by atoms with Crippen LogP contribution >= 0.6 is 0 Å². The van der Waals surface area contributed by atoms with Gasteiger partial charge in [-0.2, -0.15) is 0 Å². The van der Waals surface area contributed by atoms with Gasteiger partial charge in [0.15, 0.2) is 0 Å². The van der Waals surface area contributed by atoms with Crippen LogP contribution in [0.2, 0.25) is 0 Å². The number of ether oxygens (including phenoxy) is 1. The first-order valence-electron chi connectivity index (χ1n) is 6.18. The van der Waals surface area contributed by atoms with Crippen molar-refractivity contribution in [1.29, 1.82) is 0 Å². The van der Waals surface area contributed by atoms with E-state index in [1.165, 1.54) is 12.3 Å². The molecule has 2 rings (SSSR count). The summed E-state index contributed by atoms with van der Waals surface area (Å²) in [4.78, 5) is 22.6. The maximum absolute atomic E-state index is 12.0. The molecule has 1 aliphatic carbocycles. The molecular weight excluding hydrogens is 250 g/mol. The molecular formula is C13H17NO5. The van der Waals surface area contributed by atoms with E-state index >= 15 is 0 Å². The summed E-state index contributed by atoms with van der Waals surface area (Å²) in [5, 5.41) is 11.5. The van der Waals surface area contributed by atoms with Crippen molar-refractivity contribution in [2.24, 2.45) is 0 Å². The van der Waals surface area contributed by atoms with Crippen LogP contribution in [0.5, 0.6) is 0 Å². The van der Waals surface area contributed by atoms with Gasteiger partial charge in [-0.1, -0.05) is 0 Å². The maximum atomic E-state index is 12.0. The summed E-state index contributed by atoms with van der Waals surface area (Å²) in [5.74, 6) is -1.19. The number of hydrogen-bond donors (Lipinski definition) is 2. The van der Waals surface area contributed by atoms with E-state index in [1.807, 2.05) is 0 Å². The maximum Gasteiger partial charge on any atom is 0.311 e. The molecule has 0 bridgehead atoms. The lowest BCUT2D eigenvalue weighted by atomic mass is 9.80. The van der Waals surface area contributed by atoms with Crippen molar-refractivity contribution in [3.63, 3.8) is 0 Å². The monoisotopic (exact) mass is 267 g/mol. The van der Waals surface area contributed by atoms with E-state index < -0.39 is 5.97 Å². The highest BCUT2D eigenvalue weighted by Gasteiger charge is 2.37. The fourth-order valence-electron chi connectivity index (χ4n) is 2.18. The molecule has 6 heteroatoms. The first-order chi connectivity index (χ1) is 9.06. The Morgan fingerprint density at radius 2 is 2.26 bits per heavy atom. The Balaban J connectivity index is 1.96. The summed E-state index contributed by atoms with van der Waals surface area (Å²) in [6, 6.07) is 1.48. The van der Waals surface area contributed by atoms with E-state index in [0.717, 1.165) is 19.3 Å². The molecule has 104 valence electrons. The molecule has 0 unspecified atom stereocenters. The zero-order chi connectivity index (χ0) is 13.9. The number of rotatable bonds is 6. The summed E-state index contributed by atoms with van der Waals surface area (Å²) in [6.45, 7) is 0.431. The second-order valence-electron chi connectivity index (χ2n) is 4.75. The Morgan fingerprint density at radius 3 is 2.79 bits per heavy atom. The number of carbonyl (C=O) groups is 2. The lowest BCUT2D eigenvalue weighted by molar-refractivity contribution is -0.136. The van der Waals surface area contributed by atoms with Crippen LogP contribution < -0.4 is 5.32 Å². The summed E-state index contributed by atoms with van der Waals surface area (Å²) in [7, 11) is 1.64. The van der Waals surface area contributed by atoms with Gasteiger partial charge in [-0.05, 0) is 25.3 Å². The average Bonchev–Trinajstić information content (AvgIpc) is 2.75. The van der Waals surface area contributed by atoms with Crippen LogP contribution in [0.15, 0.2) is 16.7 Å². The molecule has 1 aromatic rings. The standard InChI is InChI=1S/C13H17NO5/c1-18-13(4-2-5-13)8-14-12(17)9-3-6-19-10(9)7-11(15)16/h3,6H,2,4-5,7-8H2,1H3,(H,14,17)(H,15,16). The van der Waals surface area contributed by atoms with Gasteiger partial charge in [0.2, 0.25) is 0 Å². The van der Waals surface area contributed by atoms with Crippen LogP contribution in [-0.2, 0) is 16.0 Å². The number of methoxy groups -OCH3 is 1. The summed E-state index contributed by atoms with van der Waals surface area (Å²) < 4.78 is 10.4. The van der Waals surface area contributed by atoms with Crippen molar-refractivity contribution in [2.75, 3.05) is 13.7 Å². The summed E-state index contributed by atoms with van der Waals surface area (Å²) in [5.41, 5.74) is 0.0137. The molecule has 0 atom stereocenters. The third kappa shape index (κ3) is 2.96. The van der Waals surface area contributed by atoms with Crippen LogP contribution in [0.3, 0.4) is 0 Å². The molecule has 19 heavy (non-hydrogen) atoms. The van der Waals surface area contributed by atoms with E-state index in [0.29, 0.717) is 6.54 Å². The van der Waals surface area contributed by atoms with Crippen LogP contribution in [0.4, 0.5) is 0 Å². The summed E-state index contributed by atoms with van der Waals surface area (Å²) in [6.07, 6.45) is 3.97. The second kappa shape index (κ2) is 5.44. The van der Waals surface area contributed by atoms with E-state index in [-0.39, 0.29) is 29.3 Å². The number of carboxylic acids is 1. The SMILES string of the molecule is COC1(CNC(=O)c2ccoc2CC(=O)O)CCC1. The van der Waals surface area contributed by atoms with Crippen molar-refractivity contribution in [3.05, 3.63) is 23.7 Å². The molecule has 1 saturated carbocycles. The van der Waals surface area contributed by atoms with Crippen LogP contribution in [0.1, 0.15) is 35.4 Å².